The summed E-state index contributed by atoms with van der Waals surface area (Å²) in [4.78, 5) is 28.0. The Hall–Kier alpha value is -3.98. The smallest absolute Gasteiger partial charge is 0.255 e. The number of aromatic nitrogens is 1. The molecular weight excluding hydrogens is 340 g/mol. The van der Waals surface area contributed by atoms with Crippen molar-refractivity contribution in [3.05, 3.63) is 83.6 Å². The van der Waals surface area contributed by atoms with E-state index < -0.39 is 0 Å². The summed E-state index contributed by atoms with van der Waals surface area (Å²) in [5, 5.41) is 15.0. The van der Waals surface area contributed by atoms with Crippen LogP contribution in [-0.2, 0) is 0 Å². The first-order valence-electron chi connectivity index (χ1n) is 8.21. The number of benzene rings is 2. The first-order chi connectivity index (χ1) is 13.1. The zero-order chi connectivity index (χ0) is 19.2. The van der Waals surface area contributed by atoms with Gasteiger partial charge in [-0.15, -0.1) is 0 Å². The molecule has 3 aromatic rings. The van der Waals surface area contributed by atoms with Crippen molar-refractivity contribution in [1.82, 2.24) is 4.98 Å². The van der Waals surface area contributed by atoms with Crippen LogP contribution in [0.5, 0.6) is 0 Å². The lowest BCUT2D eigenvalue weighted by Gasteiger charge is -2.09. The number of Topliss-reactive ketones (excluding diaryl/α,β-unsaturated/α-hetero) is 1. The van der Waals surface area contributed by atoms with Crippen LogP contribution in [-0.4, -0.2) is 16.7 Å². The first-order valence-corrected chi connectivity index (χ1v) is 8.21. The summed E-state index contributed by atoms with van der Waals surface area (Å²) < 4.78 is 0. The molecule has 0 aliphatic rings. The lowest BCUT2D eigenvalue weighted by molar-refractivity contribution is 0.101. The summed E-state index contributed by atoms with van der Waals surface area (Å²) in [5.74, 6) is 0.122. The number of carbonyl (C=O) groups excluding carboxylic acids is 2. The highest BCUT2D eigenvalue weighted by atomic mass is 16.1. The second kappa shape index (κ2) is 7.93. The van der Waals surface area contributed by atoms with Crippen LogP contribution in [0.4, 0.5) is 17.2 Å². The maximum absolute atomic E-state index is 12.5. The summed E-state index contributed by atoms with van der Waals surface area (Å²) in [6.07, 6.45) is 1.52. The minimum atomic E-state index is -0.301. The van der Waals surface area contributed by atoms with Gasteiger partial charge in [-0.05, 0) is 55.5 Å². The molecule has 2 aromatic carbocycles. The Kier molecular flexibility index (Phi) is 5.24. The van der Waals surface area contributed by atoms with Crippen molar-refractivity contribution >= 4 is 28.9 Å². The van der Waals surface area contributed by atoms with E-state index in [1.165, 1.54) is 13.1 Å². The largest absolute Gasteiger partial charge is 0.339 e. The van der Waals surface area contributed by atoms with Gasteiger partial charge in [0, 0.05) is 23.0 Å². The van der Waals surface area contributed by atoms with Crippen molar-refractivity contribution in [1.29, 1.82) is 5.26 Å². The van der Waals surface area contributed by atoms with Crippen molar-refractivity contribution in [2.24, 2.45) is 0 Å². The van der Waals surface area contributed by atoms with Gasteiger partial charge in [0.1, 0.15) is 11.9 Å². The quantitative estimate of drug-likeness (QED) is 0.670. The number of nitriles is 1. The fraction of sp³-hybridized carbons (Fsp3) is 0.0476. The third kappa shape index (κ3) is 4.35. The van der Waals surface area contributed by atoms with Crippen LogP contribution in [0.1, 0.15) is 33.2 Å². The number of nitrogens with zero attached hydrogens (tertiary/aromatic N) is 2. The predicted octanol–water partition coefficient (Wildman–Crippen LogP) is 4.15. The lowest BCUT2D eigenvalue weighted by Crippen LogP contribution is -2.12. The fourth-order valence-electron chi connectivity index (χ4n) is 2.46. The molecule has 6 heteroatoms. The van der Waals surface area contributed by atoms with Gasteiger partial charge < -0.3 is 10.6 Å². The van der Waals surface area contributed by atoms with Gasteiger partial charge >= 0.3 is 0 Å². The third-order valence-corrected chi connectivity index (χ3v) is 3.88. The molecule has 1 aromatic heterocycles. The maximum atomic E-state index is 12.5. The highest BCUT2D eigenvalue weighted by Gasteiger charge is 2.09. The summed E-state index contributed by atoms with van der Waals surface area (Å²) in [6.45, 7) is 1.49. The van der Waals surface area contributed by atoms with E-state index in [2.05, 4.69) is 21.7 Å². The monoisotopic (exact) mass is 356 g/mol. The molecule has 3 rings (SSSR count). The number of para-hydroxylation sites is 1. The zero-order valence-corrected chi connectivity index (χ0v) is 14.6. The SMILES string of the molecule is CC(=O)c1ccc(NC(=O)c2ccnc(Nc3ccccc3C#N)c2)cc1. The molecule has 0 spiro atoms. The van der Waals surface area contributed by atoms with E-state index in [-0.39, 0.29) is 11.7 Å². The van der Waals surface area contributed by atoms with Crippen LogP contribution in [0, 0.1) is 11.3 Å². The number of nitrogens with one attached hydrogen (secondary N) is 2. The number of anilines is 3. The van der Waals surface area contributed by atoms with Gasteiger partial charge in [0.25, 0.3) is 5.91 Å². The van der Waals surface area contributed by atoms with E-state index in [0.717, 1.165) is 0 Å². The molecule has 0 saturated heterocycles. The molecule has 0 fully saturated rings. The van der Waals surface area contributed by atoms with E-state index in [9.17, 15) is 9.59 Å². The van der Waals surface area contributed by atoms with E-state index in [4.69, 9.17) is 5.26 Å². The highest BCUT2D eigenvalue weighted by Crippen LogP contribution is 2.20. The number of pyridine rings is 1. The third-order valence-electron chi connectivity index (χ3n) is 3.88. The van der Waals surface area contributed by atoms with Gasteiger partial charge in [-0.3, -0.25) is 9.59 Å². The average Bonchev–Trinajstić information content (AvgIpc) is 2.69. The second-order valence-electron chi connectivity index (χ2n) is 5.80. The minimum absolute atomic E-state index is 0.0321. The molecule has 0 unspecified atom stereocenters. The standard InChI is InChI=1S/C21H16N4O2/c1-14(26)15-6-8-18(9-7-15)24-21(27)16-10-11-23-20(12-16)25-19-5-3-2-4-17(19)13-22/h2-12H,1H3,(H,23,25)(H,24,27). The van der Waals surface area contributed by atoms with Crippen molar-refractivity contribution < 1.29 is 9.59 Å². The van der Waals surface area contributed by atoms with Gasteiger partial charge in [0.05, 0.1) is 11.3 Å². The fourth-order valence-corrected chi connectivity index (χ4v) is 2.46. The number of rotatable bonds is 5. The molecule has 1 amide bonds. The summed E-state index contributed by atoms with van der Waals surface area (Å²) in [5.41, 5.74) is 2.69. The number of carbonyl (C=O) groups is 2. The number of amides is 1. The van der Waals surface area contributed by atoms with Crippen LogP contribution >= 0.6 is 0 Å². The van der Waals surface area contributed by atoms with Crippen LogP contribution in [0.25, 0.3) is 0 Å². The normalized spacial score (nSPS) is 9.93. The molecule has 0 radical (unpaired) electrons. The Labute approximate surface area is 156 Å². The summed E-state index contributed by atoms with van der Waals surface area (Å²) in [7, 11) is 0. The van der Waals surface area contributed by atoms with E-state index in [0.29, 0.717) is 33.9 Å². The van der Waals surface area contributed by atoms with Gasteiger partial charge in [-0.25, -0.2) is 4.98 Å². The molecule has 0 saturated carbocycles. The maximum Gasteiger partial charge on any atom is 0.255 e. The van der Waals surface area contributed by atoms with Crippen LogP contribution < -0.4 is 10.6 Å². The number of hydrogen-bond acceptors (Lipinski definition) is 5. The molecule has 2 N–H and O–H groups in total. The van der Waals surface area contributed by atoms with E-state index >= 15 is 0 Å². The summed E-state index contributed by atoms with van der Waals surface area (Å²) in [6, 6.07) is 19.0. The predicted molar refractivity (Wildman–Crippen MR) is 103 cm³/mol. The lowest BCUT2D eigenvalue weighted by atomic mass is 10.1. The molecule has 27 heavy (non-hydrogen) atoms. The minimum Gasteiger partial charge on any atom is -0.339 e. The number of ketones is 1. The zero-order valence-electron chi connectivity index (χ0n) is 14.6. The van der Waals surface area contributed by atoms with Gasteiger partial charge in [-0.1, -0.05) is 12.1 Å². The molecule has 0 atom stereocenters. The first kappa shape index (κ1) is 17.8. The summed E-state index contributed by atoms with van der Waals surface area (Å²) >= 11 is 0. The van der Waals surface area contributed by atoms with Crippen LogP contribution in [0.3, 0.4) is 0 Å². The van der Waals surface area contributed by atoms with Crippen molar-refractivity contribution in [3.63, 3.8) is 0 Å². The highest BCUT2D eigenvalue weighted by molar-refractivity contribution is 6.05. The molecular formula is C21H16N4O2. The molecule has 132 valence electrons. The molecule has 0 aliphatic carbocycles. The van der Waals surface area contributed by atoms with Gasteiger partial charge in [-0.2, -0.15) is 5.26 Å². The van der Waals surface area contributed by atoms with E-state index in [1.54, 1.807) is 54.6 Å². The van der Waals surface area contributed by atoms with Gasteiger partial charge in [0.2, 0.25) is 0 Å². The van der Waals surface area contributed by atoms with Crippen molar-refractivity contribution in [2.45, 2.75) is 6.92 Å². The van der Waals surface area contributed by atoms with Crippen LogP contribution in [0.15, 0.2) is 66.9 Å². The second-order valence-corrected chi connectivity index (χ2v) is 5.80. The topological polar surface area (TPSA) is 94.9 Å². The van der Waals surface area contributed by atoms with E-state index in [1.807, 2.05) is 6.07 Å². The number of hydrogen-bond donors (Lipinski definition) is 2. The van der Waals surface area contributed by atoms with Gasteiger partial charge in [0.15, 0.2) is 5.78 Å². The molecule has 0 bridgehead atoms. The molecule has 0 aliphatic heterocycles. The Balaban J connectivity index is 1.75. The Morgan fingerprint density at radius 3 is 2.44 bits per heavy atom. The molecule has 6 nitrogen and oxygen atoms in total. The van der Waals surface area contributed by atoms with Crippen molar-refractivity contribution in [3.8, 4) is 6.07 Å². The average molecular weight is 356 g/mol. The Bertz CT molecular complexity index is 1040. The van der Waals surface area contributed by atoms with Crippen molar-refractivity contribution in [2.75, 3.05) is 10.6 Å². The Morgan fingerprint density at radius 2 is 1.74 bits per heavy atom. The van der Waals surface area contributed by atoms with Crippen LogP contribution in [0.2, 0.25) is 0 Å². The Morgan fingerprint density at radius 1 is 1.00 bits per heavy atom. The molecule has 1 heterocycles.